The van der Waals surface area contributed by atoms with Crippen LogP contribution in [0.2, 0.25) is 5.02 Å². The van der Waals surface area contributed by atoms with Crippen LogP contribution in [0.5, 0.6) is 0 Å². The second kappa shape index (κ2) is 8.28. The van der Waals surface area contributed by atoms with Gasteiger partial charge in [0.2, 0.25) is 0 Å². The van der Waals surface area contributed by atoms with Crippen molar-refractivity contribution in [2.75, 3.05) is 13.7 Å². The van der Waals surface area contributed by atoms with E-state index in [1.807, 2.05) is 13.8 Å². The van der Waals surface area contributed by atoms with E-state index in [1.165, 1.54) is 23.0 Å². The molecular weight excluding hydrogens is 387 g/mol. The zero-order valence-electron chi connectivity index (χ0n) is 16.0. The lowest BCUT2D eigenvalue weighted by Crippen LogP contribution is -2.41. The van der Waals surface area contributed by atoms with E-state index in [2.05, 4.69) is 4.98 Å². The highest BCUT2D eigenvalue weighted by atomic mass is 35.5. The molecule has 1 aromatic carbocycles. The van der Waals surface area contributed by atoms with Gasteiger partial charge < -0.3 is 9.30 Å². The van der Waals surface area contributed by atoms with Gasteiger partial charge in [-0.05, 0) is 23.6 Å². The largest absolute Gasteiger partial charge is 0.383 e. The third-order valence-corrected chi connectivity index (χ3v) is 4.76. The molecule has 0 aliphatic rings. The number of benzene rings is 1. The minimum Gasteiger partial charge on any atom is -0.383 e. The zero-order valence-corrected chi connectivity index (χ0v) is 16.7. The Bertz CT molecular complexity index is 1120. The quantitative estimate of drug-likeness (QED) is 0.602. The Kier molecular flexibility index (Phi) is 6.00. The van der Waals surface area contributed by atoms with E-state index in [0.717, 1.165) is 10.6 Å². The number of imidazole rings is 1. The molecular formula is C19H22ClFN4O3. The van der Waals surface area contributed by atoms with Crippen molar-refractivity contribution < 1.29 is 9.13 Å². The predicted molar refractivity (Wildman–Crippen MR) is 105 cm³/mol. The molecule has 0 radical (unpaired) electrons. The second-order valence-electron chi connectivity index (χ2n) is 7.02. The van der Waals surface area contributed by atoms with Gasteiger partial charge in [0.1, 0.15) is 5.82 Å². The minimum atomic E-state index is -0.480. The van der Waals surface area contributed by atoms with Gasteiger partial charge in [0, 0.05) is 25.2 Å². The van der Waals surface area contributed by atoms with Crippen molar-refractivity contribution >= 4 is 22.8 Å². The Hall–Kier alpha value is -2.45. The van der Waals surface area contributed by atoms with Gasteiger partial charge in [-0.25, -0.2) is 14.2 Å². The first kappa shape index (κ1) is 20.3. The van der Waals surface area contributed by atoms with E-state index in [9.17, 15) is 14.0 Å². The van der Waals surface area contributed by atoms with Crippen LogP contribution < -0.4 is 11.2 Å². The van der Waals surface area contributed by atoms with Crippen molar-refractivity contribution in [2.45, 2.75) is 33.5 Å². The monoisotopic (exact) mass is 408 g/mol. The molecule has 0 saturated heterocycles. The molecule has 0 saturated carbocycles. The molecule has 0 atom stereocenters. The van der Waals surface area contributed by atoms with E-state index in [4.69, 9.17) is 16.3 Å². The number of aromatic nitrogens is 4. The number of rotatable bonds is 7. The highest BCUT2D eigenvalue weighted by Gasteiger charge is 2.19. The van der Waals surface area contributed by atoms with E-state index >= 15 is 0 Å². The summed E-state index contributed by atoms with van der Waals surface area (Å²) in [6, 6.07) is 3.89. The number of nitrogens with zero attached hydrogens (tertiary/aromatic N) is 4. The summed E-state index contributed by atoms with van der Waals surface area (Å²) in [6.07, 6.45) is 1.54. The summed E-state index contributed by atoms with van der Waals surface area (Å²) in [7, 11) is 1.57. The number of methoxy groups -OCH3 is 1. The van der Waals surface area contributed by atoms with Crippen LogP contribution in [0.25, 0.3) is 11.2 Å². The molecule has 3 rings (SSSR count). The minimum absolute atomic E-state index is 0.0553. The molecule has 0 N–H and O–H groups in total. The maximum Gasteiger partial charge on any atom is 0.333 e. The lowest BCUT2D eigenvalue weighted by Gasteiger charge is -2.14. The topological polar surface area (TPSA) is 71.1 Å². The van der Waals surface area contributed by atoms with Crippen LogP contribution in [-0.2, 0) is 24.4 Å². The highest BCUT2D eigenvalue weighted by molar-refractivity contribution is 6.31. The van der Waals surface area contributed by atoms with Gasteiger partial charge in [-0.2, -0.15) is 0 Å². The summed E-state index contributed by atoms with van der Waals surface area (Å²) in [4.78, 5) is 30.5. The molecule has 0 fully saturated rings. The lowest BCUT2D eigenvalue weighted by molar-refractivity contribution is 0.188. The van der Waals surface area contributed by atoms with Gasteiger partial charge in [0.15, 0.2) is 11.2 Å². The van der Waals surface area contributed by atoms with Crippen LogP contribution in [-0.4, -0.2) is 32.4 Å². The molecule has 0 spiro atoms. The standard InChI is InChI=1S/C19H22ClFN4O3/c1-12(2)9-24-17-16(23(11-22-17)6-7-28-3)18(26)25(19(24)27)10-13-4-5-14(21)8-15(13)20/h4-5,8,11-12H,6-7,9-10H2,1-3H3. The molecule has 9 heteroatoms. The normalized spacial score (nSPS) is 11.6. The summed E-state index contributed by atoms with van der Waals surface area (Å²) in [6.45, 7) is 5.14. The van der Waals surface area contributed by atoms with Gasteiger partial charge >= 0.3 is 5.69 Å². The molecule has 150 valence electrons. The fraction of sp³-hybridized carbons (Fsp3) is 0.421. The molecule has 2 aromatic heterocycles. The van der Waals surface area contributed by atoms with Crippen molar-refractivity contribution in [1.29, 1.82) is 0 Å². The zero-order chi connectivity index (χ0) is 20.4. The van der Waals surface area contributed by atoms with Gasteiger partial charge in [-0.1, -0.05) is 31.5 Å². The predicted octanol–water partition coefficient (Wildman–Crippen LogP) is 2.50. The van der Waals surface area contributed by atoms with Crippen LogP contribution in [0.1, 0.15) is 19.4 Å². The molecule has 0 aliphatic heterocycles. The number of fused-ring (bicyclic) bond motifs is 1. The molecule has 2 heterocycles. The summed E-state index contributed by atoms with van der Waals surface area (Å²) in [5.41, 5.74) is 0.232. The maximum absolute atomic E-state index is 13.3. The highest BCUT2D eigenvalue weighted by Crippen LogP contribution is 2.18. The van der Waals surface area contributed by atoms with Crippen LogP contribution >= 0.6 is 11.6 Å². The first-order chi connectivity index (χ1) is 13.3. The summed E-state index contributed by atoms with van der Waals surface area (Å²) in [5.74, 6) is -0.309. The average molecular weight is 409 g/mol. The van der Waals surface area contributed by atoms with E-state index in [-0.39, 0.29) is 17.5 Å². The third kappa shape index (κ3) is 3.88. The SMILES string of the molecule is COCCn1cnc2c1c(=O)n(Cc1ccc(F)cc1Cl)c(=O)n2CC(C)C. The van der Waals surface area contributed by atoms with E-state index in [1.54, 1.807) is 11.7 Å². The van der Waals surface area contributed by atoms with Crippen LogP contribution in [0.4, 0.5) is 4.39 Å². The van der Waals surface area contributed by atoms with Gasteiger partial charge in [0.25, 0.3) is 5.56 Å². The Balaban J connectivity index is 2.23. The van der Waals surface area contributed by atoms with E-state index in [0.29, 0.717) is 36.4 Å². The summed E-state index contributed by atoms with van der Waals surface area (Å²) < 4.78 is 22.7. The molecule has 0 unspecified atom stereocenters. The first-order valence-electron chi connectivity index (χ1n) is 8.94. The third-order valence-electron chi connectivity index (χ3n) is 4.41. The smallest absolute Gasteiger partial charge is 0.333 e. The molecule has 7 nitrogen and oxygen atoms in total. The second-order valence-corrected chi connectivity index (χ2v) is 7.42. The molecule has 3 aromatic rings. The molecule has 0 aliphatic carbocycles. The Morgan fingerprint density at radius 2 is 2.00 bits per heavy atom. The fourth-order valence-electron chi connectivity index (χ4n) is 3.09. The number of hydrogen-bond donors (Lipinski definition) is 0. The summed E-state index contributed by atoms with van der Waals surface area (Å²) in [5, 5.41) is 0.162. The lowest BCUT2D eigenvalue weighted by atomic mass is 10.2. The molecule has 28 heavy (non-hydrogen) atoms. The number of halogens is 2. The fourth-order valence-corrected chi connectivity index (χ4v) is 3.31. The van der Waals surface area contributed by atoms with Crippen LogP contribution in [0.15, 0.2) is 34.1 Å². The molecule has 0 bridgehead atoms. The maximum atomic E-state index is 13.3. The van der Waals surface area contributed by atoms with E-state index < -0.39 is 17.1 Å². The number of ether oxygens (including phenoxy) is 1. The molecule has 0 amide bonds. The van der Waals surface area contributed by atoms with Gasteiger partial charge in [-0.15, -0.1) is 0 Å². The van der Waals surface area contributed by atoms with Crippen LogP contribution in [0, 0.1) is 11.7 Å². The van der Waals surface area contributed by atoms with Crippen molar-refractivity contribution in [3.8, 4) is 0 Å². The Labute approximate surface area is 165 Å². The first-order valence-corrected chi connectivity index (χ1v) is 9.32. The average Bonchev–Trinajstić information content (AvgIpc) is 3.06. The van der Waals surface area contributed by atoms with Gasteiger partial charge in [0.05, 0.1) is 19.5 Å². The van der Waals surface area contributed by atoms with Gasteiger partial charge in [-0.3, -0.25) is 13.9 Å². The number of hydrogen-bond acceptors (Lipinski definition) is 4. The Morgan fingerprint density at radius 3 is 2.64 bits per heavy atom. The van der Waals surface area contributed by atoms with Crippen molar-refractivity contribution in [2.24, 2.45) is 5.92 Å². The van der Waals surface area contributed by atoms with Crippen molar-refractivity contribution in [1.82, 2.24) is 18.7 Å². The summed E-state index contributed by atoms with van der Waals surface area (Å²) >= 11 is 6.11. The van der Waals surface area contributed by atoms with Crippen molar-refractivity contribution in [3.63, 3.8) is 0 Å². The van der Waals surface area contributed by atoms with Crippen molar-refractivity contribution in [3.05, 3.63) is 61.8 Å². The Morgan fingerprint density at radius 1 is 1.25 bits per heavy atom. The van der Waals surface area contributed by atoms with Crippen LogP contribution in [0.3, 0.4) is 0 Å².